The Balaban J connectivity index is 1.56. The number of nitrogens with one attached hydrogen (secondary N) is 1. The molecule has 2 amide bonds. The fourth-order valence-corrected chi connectivity index (χ4v) is 4.41. The quantitative estimate of drug-likeness (QED) is 0.813. The molecule has 3 fully saturated rings. The summed E-state index contributed by atoms with van der Waals surface area (Å²) >= 11 is 0. The van der Waals surface area contributed by atoms with Crippen molar-refractivity contribution in [2.75, 3.05) is 39.8 Å². The maximum absolute atomic E-state index is 13.1. The van der Waals surface area contributed by atoms with Crippen molar-refractivity contribution in [3.05, 3.63) is 0 Å². The van der Waals surface area contributed by atoms with Gasteiger partial charge in [0.15, 0.2) is 0 Å². The van der Waals surface area contributed by atoms with Gasteiger partial charge in [-0.15, -0.1) is 0 Å². The van der Waals surface area contributed by atoms with Crippen molar-refractivity contribution in [2.24, 2.45) is 5.92 Å². The minimum absolute atomic E-state index is 0.0412. The van der Waals surface area contributed by atoms with Crippen LogP contribution in [0.1, 0.15) is 51.4 Å². The first kappa shape index (κ1) is 18.6. The third-order valence-electron chi connectivity index (χ3n) is 6.00. The molecular formula is C19H33N3O3. The van der Waals surface area contributed by atoms with Crippen LogP contribution in [-0.4, -0.2) is 73.6 Å². The monoisotopic (exact) mass is 351 g/mol. The first-order chi connectivity index (χ1) is 12.2. The third kappa shape index (κ3) is 4.53. The summed E-state index contributed by atoms with van der Waals surface area (Å²) < 4.78 is 5.57. The van der Waals surface area contributed by atoms with Gasteiger partial charge in [0.2, 0.25) is 5.91 Å². The molecule has 0 aromatic heterocycles. The minimum atomic E-state index is -0.319. The number of hydrogen-bond acceptors (Lipinski definition) is 4. The van der Waals surface area contributed by atoms with Crippen molar-refractivity contribution in [1.29, 1.82) is 0 Å². The second-order valence-corrected chi connectivity index (χ2v) is 7.71. The van der Waals surface area contributed by atoms with Gasteiger partial charge < -0.3 is 19.9 Å². The zero-order chi connectivity index (χ0) is 17.6. The molecule has 2 unspecified atom stereocenters. The smallest absolute Gasteiger partial charge is 0.252 e. The lowest BCUT2D eigenvalue weighted by molar-refractivity contribution is -0.153. The van der Waals surface area contributed by atoms with Crippen LogP contribution in [0.4, 0.5) is 0 Å². The lowest BCUT2D eigenvalue weighted by atomic mass is 9.92. The average molecular weight is 351 g/mol. The lowest BCUT2D eigenvalue weighted by Crippen LogP contribution is -2.56. The Morgan fingerprint density at radius 1 is 1.00 bits per heavy atom. The van der Waals surface area contributed by atoms with Crippen molar-refractivity contribution in [3.63, 3.8) is 0 Å². The van der Waals surface area contributed by atoms with Crippen molar-refractivity contribution in [1.82, 2.24) is 15.1 Å². The molecule has 3 aliphatic heterocycles. The van der Waals surface area contributed by atoms with E-state index in [0.717, 1.165) is 64.6 Å². The topological polar surface area (TPSA) is 61.9 Å². The molecule has 0 spiro atoms. The lowest BCUT2D eigenvalue weighted by Gasteiger charge is -2.40. The fourth-order valence-electron chi connectivity index (χ4n) is 4.41. The standard InChI is InChI=1S/C19H33N3O3/c1-20-10-7-15-8-12-21(13-9-15)18(23)16-5-2-3-11-22(16)19(24)17-6-4-14-25-17/h15-17,20H,2-14H2,1H3. The normalized spacial score (nSPS) is 28.4. The Bertz CT molecular complexity index is 457. The molecule has 0 bridgehead atoms. The number of carbonyl (C=O) groups is 2. The van der Waals surface area contributed by atoms with Crippen LogP contribution >= 0.6 is 0 Å². The summed E-state index contributed by atoms with van der Waals surface area (Å²) in [5, 5.41) is 3.21. The third-order valence-corrected chi connectivity index (χ3v) is 6.00. The number of hydrogen-bond donors (Lipinski definition) is 1. The van der Waals surface area contributed by atoms with E-state index in [9.17, 15) is 9.59 Å². The second kappa shape index (κ2) is 8.99. The van der Waals surface area contributed by atoms with Crippen molar-refractivity contribution < 1.29 is 14.3 Å². The Morgan fingerprint density at radius 3 is 2.48 bits per heavy atom. The van der Waals surface area contributed by atoms with Gasteiger partial charge in [-0.05, 0) is 70.9 Å². The molecule has 1 N–H and O–H groups in total. The van der Waals surface area contributed by atoms with Gasteiger partial charge in [0, 0.05) is 26.2 Å². The maximum Gasteiger partial charge on any atom is 0.252 e. The molecule has 3 rings (SSSR count). The first-order valence-electron chi connectivity index (χ1n) is 10.1. The number of piperidine rings is 2. The van der Waals surface area contributed by atoms with E-state index in [-0.39, 0.29) is 24.0 Å². The minimum Gasteiger partial charge on any atom is -0.368 e. The van der Waals surface area contributed by atoms with Crippen LogP contribution in [0.15, 0.2) is 0 Å². The van der Waals surface area contributed by atoms with Crippen LogP contribution in [-0.2, 0) is 14.3 Å². The maximum atomic E-state index is 13.1. The SMILES string of the molecule is CNCCC1CCN(C(=O)C2CCCCN2C(=O)C2CCCO2)CC1. The Hall–Kier alpha value is -1.14. The van der Waals surface area contributed by atoms with E-state index in [2.05, 4.69) is 5.32 Å². The summed E-state index contributed by atoms with van der Waals surface area (Å²) in [6.45, 7) is 4.10. The van der Waals surface area contributed by atoms with Crippen LogP contribution in [0.5, 0.6) is 0 Å². The van der Waals surface area contributed by atoms with Gasteiger partial charge in [-0.25, -0.2) is 0 Å². The summed E-state index contributed by atoms with van der Waals surface area (Å²) in [5.41, 5.74) is 0. The molecule has 0 radical (unpaired) electrons. The Labute approximate surface area is 151 Å². The predicted octanol–water partition coefficient (Wildman–Crippen LogP) is 1.39. The molecule has 3 saturated heterocycles. The van der Waals surface area contributed by atoms with Crippen LogP contribution in [0, 0.1) is 5.92 Å². The summed E-state index contributed by atoms with van der Waals surface area (Å²) in [7, 11) is 1.99. The number of ether oxygens (including phenoxy) is 1. The summed E-state index contributed by atoms with van der Waals surface area (Å²) in [4.78, 5) is 29.7. The molecule has 0 aliphatic carbocycles. The van der Waals surface area contributed by atoms with Crippen molar-refractivity contribution >= 4 is 11.8 Å². The van der Waals surface area contributed by atoms with E-state index >= 15 is 0 Å². The molecular weight excluding hydrogens is 318 g/mol. The Kier molecular flexibility index (Phi) is 6.70. The number of rotatable bonds is 5. The molecule has 3 aliphatic rings. The molecule has 6 nitrogen and oxygen atoms in total. The highest BCUT2D eigenvalue weighted by Gasteiger charge is 2.39. The summed E-state index contributed by atoms with van der Waals surface area (Å²) in [6, 6.07) is -0.265. The Morgan fingerprint density at radius 2 is 1.80 bits per heavy atom. The predicted molar refractivity (Wildman–Crippen MR) is 96.2 cm³/mol. The van der Waals surface area contributed by atoms with Crippen molar-refractivity contribution in [3.8, 4) is 0 Å². The molecule has 0 saturated carbocycles. The van der Waals surface area contributed by atoms with E-state index in [1.165, 1.54) is 6.42 Å². The fraction of sp³-hybridized carbons (Fsp3) is 0.895. The van der Waals surface area contributed by atoms with Gasteiger partial charge >= 0.3 is 0 Å². The number of amides is 2. The van der Waals surface area contributed by atoms with E-state index in [1.54, 1.807) is 0 Å². The van der Waals surface area contributed by atoms with Gasteiger partial charge in [-0.2, -0.15) is 0 Å². The molecule has 142 valence electrons. The van der Waals surface area contributed by atoms with Crippen LogP contribution < -0.4 is 5.32 Å². The first-order valence-corrected chi connectivity index (χ1v) is 10.1. The van der Waals surface area contributed by atoms with Gasteiger partial charge in [-0.3, -0.25) is 9.59 Å². The average Bonchev–Trinajstić information content (AvgIpc) is 3.20. The van der Waals surface area contributed by atoms with E-state index in [1.807, 2.05) is 16.8 Å². The zero-order valence-corrected chi connectivity index (χ0v) is 15.5. The molecule has 6 heteroatoms. The second-order valence-electron chi connectivity index (χ2n) is 7.71. The van der Waals surface area contributed by atoms with Gasteiger partial charge in [0.05, 0.1) is 0 Å². The van der Waals surface area contributed by atoms with E-state index in [4.69, 9.17) is 4.74 Å². The zero-order valence-electron chi connectivity index (χ0n) is 15.5. The van der Waals surface area contributed by atoms with Crippen molar-refractivity contribution in [2.45, 2.75) is 63.5 Å². The highest BCUT2D eigenvalue weighted by Crippen LogP contribution is 2.26. The molecule has 2 atom stereocenters. The number of nitrogens with zero attached hydrogens (tertiary/aromatic N) is 2. The summed E-state index contributed by atoms with van der Waals surface area (Å²) in [5.74, 6) is 0.921. The number of likely N-dealkylation sites (tertiary alicyclic amines) is 2. The number of carbonyl (C=O) groups excluding carboxylic acids is 2. The van der Waals surface area contributed by atoms with Crippen LogP contribution in [0.2, 0.25) is 0 Å². The molecule has 0 aromatic carbocycles. The largest absolute Gasteiger partial charge is 0.368 e. The molecule has 3 heterocycles. The van der Waals surface area contributed by atoms with Gasteiger partial charge in [-0.1, -0.05) is 0 Å². The molecule has 25 heavy (non-hydrogen) atoms. The van der Waals surface area contributed by atoms with E-state index < -0.39 is 0 Å². The summed E-state index contributed by atoms with van der Waals surface area (Å²) in [6.07, 6.45) is 7.61. The van der Waals surface area contributed by atoms with Gasteiger partial charge in [0.25, 0.3) is 5.91 Å². The van der Waals surface area contributed by atoms with E-state index in [0.29, 0.717) is 19.1 Å². The van der Waals surface area contributed by atoms with Gasteiger partial charge in [0.1, 0.15) is 12.1 Å². The van der Waals surface area contributed by atoms with Crippen LogP contribution in [0.25, 0.3) is 0 Å². The molecule has 0 aromatic rings. The highest BCUT2D eigenvalue weighted by molar-refractivity contribution is 5.89. The highest BCUT2D eigenvalue weighted by atomic mass is 16.5. The van der Waals surface area contributed by atoms with Crippen LogP contribution in [0.3, 0.4) is 0 Å².